The van der Waals surface area contributed by atoms with Crippen molar-refractivity contribution in [1.29, 1.82) is 0 Å². The van der Waals surface area contributed by atoms with Crippen LogP contribution < -0.4 is 14.8 Å². The Balaban J connectivity index is 2.01. The van der Waals surface area contributed by atoms with Crippen LogP contribution in [0.3, 0.4) is 0 Å². The second-order valence-corrected chi connectivity index (χ2v) is 6.34. The molecule has 1 N–H and O–H groups in total. The first-order valence-corrected chi connectivity index (χ1v) is 9.27. The summed E-state index contributed by atoms with van der Waals surface area (Å²) in [6.07, 6.45) is 4.99. The first kappa shape index (κ1) is 21.0. The molecule has 1 aliphatic rings. The number of carbonyl (C=O) groups excluding carboxylic acids is 1. The number of methoxy groups -OCH3 is 3. The van der Waals surface area contributed by atoms with Gasteiger partial charge in [-0.15, -0.1) is 0 Å². The van der Waals surface area contributed by atoms with Crippen molar-refractivity contribution in [3.63, 3.8) is 0 Å². The van der Waals surface area contributed by atoms with E-state index in [-0.39, 0.29) is 5.91 Å². The number of hydrazine groups is 1. The smallest absolute Gasteiger partial charge is 0.265 e. The number of hydrogen-bond acceptors (Lipinski definition) is 5. The van der Waals surface area contributed by atoms with E-state index in [1.807, 2.05) is 23.2 Å². The minimum atomic E-state index is -0.126. The molecule has 1 fully saturated rings. The number of nitrogens with one attached hydrogen (secondary N) is 1. The SMILES string of the molecule is COCCCNC(=S)N1CCCN1C(=O)C=Cc1cc(OC)ccc1OC. The average Bonchev–Trinajstić information content (AvgIpc) is 3.19. The molecule has 0 aliphatic carbocycles. The Hall–Kier alpha value is -2.32. The van der Waals surface area contributed by atoms with Gasteiger partial charge in [-0.25, -0.2) is 5.01 Å². The fourth-order valence-corrected chi connectivity index (χ4v) is 3.06. The molecule has 1 amide bonds. The Morgan fingerprint density at radius 1 is 1.22 bits per heavy atom. The highest BCUT2D eigenvalue weighted by Crippen LogP contribution is 2.25. The summed E-state index contributed by atoms with van der Waals surface area (Å²) in [6, 6.07) is 5.45. The normalized spacial score (nSPS) is 13.9. The third-order valence-corrected chi connectivity index (χ3v) is 4.52. The van der Waals surface area contributed by atoms with Crippen LogP contribution in [0.1, 0.15) is 18.4 Å². The minimum absolute atomic E-state index is 0.126. The van der Waals surface area contributed by atoms with Crippen LogP contribution in [0.25, 0.3) is 6.08 Å². The van der Waals surface area contributed by atoms with E-state index in [1.54, 1.807) is 32.4 Å². The van der Waals surface area contributed by atoms with Gasteiger partial charge in [0, 0.05) is 45.0 Å². The molecule has 0 radical (unpaired) electrons. The number of nitrogens with zero attached hydrogens (tertiary/aromatic N) is 2. The van der Waals surface area contributed by atoms with E-state index in [9.17, 15) is 4.79 Å². The molecular weight excluding hydrogens is 366 g/mol. The molecular formula is C19H27N3O4S. The molecule has 1 aromatic carbocycles. The van der Waals surface area contributed by atoms with Crippen LogP contribution in [-0.2, 0) is 9.53 Å². The van der Waals surface area contributed by atoms with Gasteiger partial charge in [0.05, 0.1) is 14.2 Å². The van der Waals surface area contributed by atoms with E-state index in [0.29, 0.717) is 36.3 Å². The molecule has 27 heavy (non-hydrogen) atoms. The van der Waals surface area contributed by atoms with Crippen molar-refractivity contribution in [1.82, 2.24) is 15.3 Å². The van der Waals surface area contributed by atoms with Crippen molar-refractivity contribution in [3.05, 3.63) is 29.8 Å². The fraction of sp³-hybridized carbons (Fsp3) is 0.474. The lowest BCUT2D eigenvalue weighted by Crippen LogP contribution is -2.48. The molecule has 0 bridgehead atoms. The van der Waals surface area contributed by atoms with E-state index in [1.165, 1.54) is 6.08 Å². The largest absolute Gasteiger partial charge is 0.497 e. The van der Waals surface area contributed by atoms with Gasteiger partial charge in [0.25, 0.3) is 5.91 Å². The number of thiocarbonyl (C=S) groups is 1. The molecule has 8 heteroatoms. The van der Waals surface area contributed by atoms with E-state index in [0.717, 1.165) is 24.9 Å². The quantitative estimate of drug-likeness (QED) is 0.412. The maximum absolute atomic E-state index is 12.7. The van der Waals surface area contributed by atoms with Crippen LogP contribution in [0.5, 0.6) is 11.5 Å². The van der Waals surface area contributed by atoms with Gasteiger partial charge in [0.15, 0.2) is 5.11 Å². The number of carbonyl (C=O) groups is 1. The number of ether oxygens (including phenoxy) is 3. The molecule has 148 valence electrons. The zero-order valence-electron chi connectivity index (χ0n) is 16.1. The highest BCUT2D eigenvalue weighted by Gasteiger charge is 2.27. The lowest BCUT2D eigenvalue weighted by atomic mass is 10.1. The molecule has 0 aromatic heterocycles. The van der Waals surface area contributed by atoms with Crippen molar-refractivity contribution in [2.45, 2.75) is 12.8 Å². The lowest BCUT2D eigenvalue weighted by molar-refractivity contribution is -0.133. The average molecular weight is 394 g/mol. The molecule has 7 nitrogen and oxygen atoms in total. The molecule has 1 aliphatic heterocycles. The first-order chi connectivity index (χ1) is 13.1. The second kappa shape index (κ2) is 10.7. The van der Waals surface area contributed by atoms with E-state index >= 15 is 0 Å². The molecule has 1 aromatic rings. The highest BCUT2D eigenvalue weighted by atomic mass is 32.1. The van der Waals surface area contributed by atoms with E-state index < -0.39 is 0 Å². The van der Waals surface area contributed by atoms with Crippen LogP contribution >= 0.6 is 12.2 Å². The molecule has 2 rings (SSSR count). The molecule has 1 saturated heterocycles. The Labute approximate surface area is 165 Å². The Morgan fingerprint density at radius 3 is 2.70 bits per heavy atom. The number of rotatable bonds is 8. The Bertz CT molecular complexity index is 681. The Kier molecular flexibility index (Phi) is 8.35. The summed E-state index contributed by atoms with van der Waals surface area (Å²) in [5, 5.41) is 7.21. The molecule has 1 heterocycles. The number of hydrogen-bond donors (Lipinski definition) is 1. The molecule has 0 atom stereocenters. The third kappa shape index (κ3) is 5.83. The third-order valence-electron chi connectivity index (χ3n) is 4.16. The van der Waals surface area contributed by atoms with Crippen molar-refractivity contribution in [3.8, 4) is 11.5 Å². The van der Waals surface area contributed by atoms with Crippen LogP contribution in [0, 0.1) is 0 Å². The highest BCUT2D eigenvalue weighted by molar-refractivity contribution is 7.80. The van der Waals surface area contributed by atoms with Crippen LogP contribution in [-0.4, -0.2) is 68.6 Å². The summed E-state index contributed by atoms with van der Waals surface area (Å²) in [5.41, 5.74) is 0.774. The summed E-state index contributed by atoms with van der Waals surface area (Å²) in [6.45, 7) is 2.74. The second-order valence-electron chi connectivity index (χ2n) is 5.96. The fourth-order valence-electron chi connectivity index (χ4n) is 2.77. The Morgan fingerprint density at radius 2 is 2.00 bits per heavy atom. The van der Waals surface area contributed by atoms with Gasteiger partial charge in [-0.3, -0.25) is 9.80 Å². The van der Waals surface area contributed by atoms with Gasteiger partial charge >= 0.3 is 0 Å². The van der Waals surface area contributed by atoms with Gasteiger partial charge in [-0.2, -0.15) is 0 Å². The summed E-state index contributed by atoms with van der Waals surface area (Å²) < 4.78 is 15.6. The van der Waals surface area contributed by atoms with Crippen molar-refractivity contribution in [2.24, 2.45) is 0 Å². The predicted octanol–water partition coefficient (Wildman–Crippen LogP) is 2.08. The summed E-state index contributed by atoms with van der Waals surface area (Å²) in [4.78, 5) is 12.7. The van der Waals surface area contributed by atoms with Gasteiger partial charge in [-0.05, 0) is 49.3 Å². The van der Waals surface area contributed by atoms with Gasteiger partial charge in [0.2, 0.25) is 0 Å². The number of amides is 1. The zero-order valence-corrected chi connectivity index (χ0v) is 16.9. The van der Waals surface area contributed by atoms with Crippen molar-refractivity contribution < 1.29 is 19.0 Å². The van der Waals surface area contributed by atoms with Gasteiger partial charge < -0.3 is 19.5 Å². The predicted molar refractivity (Wildman–Crippen MR) is 109 cm³/mol. The summed E-state index contributed by atoms with van der Waals surface area (Å²) in [7, 11) is 4.86. The van der Waals surface area contributed by atoms with Crippen LogP contribution in [0.4, 0.5) is 0 Å². The maximum Gasteiger partial charge on any atom is 0.265 e. The summed E-state index contributed by atoms with van der Waals surface area (Å²) >= 11 is 5.43. The first-order valence-electron chi connectivity index (χ1n) is 8.86. The molecule has 0 unspecified atom stereocenters. The van der Waals surface area contributed by atoms with Crippen molar-refractivity contribution >= 4 is 29.3 Å². The minimum Gasteiger partial charge on any atom is -0.497 e. The molecule has 0 saturated carbocycles. The van der Waals surface area contributed by atoms with Crippen LogP contribution in [0.15, 0.2) is 24.3 Å². The maximum atomic E-state index is 12.7. The van der Waals surface area contributed by atoms with Gasteiger partial charge in [0.1, 0.15) is 11.5 Å². The number of benzene rings is 1. The monoisotopic (exact) mass is 393 g/mol. The van der Waals surface area contributed by atoms with E-state index in [4.69, 9.17) is 26.4 Å². The van der Waals surface area contributed by atoms with Crippen molar-refractivity contribution in [2.75, 3.05) is 47.6 Å². The zero-order chi connectivity index (χ0) is 19.6. The standard InChI is InChI=1S/C19H27N3O4S/c1-24-13-4-10-20-19(27)22-12-5-11-21(22)18(23)9-6-15-14-16(25-2)7-8-17(15)26-3/h6-9,14H,4-5,10-13H2,1-3H3,(H,20,27). The topological polar surface area (TPSA) is 63.3 Å². The van der Waals surface area contributed by atoms with Crippen LogP contribution in [0.2, 0.25) is 0 Å². The lowest BCUT2D eigenvalue weighted by Gasteiger charge is -2.29. The molecule has 0 spiro atoms. The van der Waals surface area contributed by atoms with E-state index in [2.05, 4.69) is 5.32 Å². The van der Waals surface area contributed by atoms with Gasteiger partial charge in [-0.1, -0.05) is 0 Å². The summed E-state index contributed by atoms with van der Waals surface area (Å²) in [5.74, 6) is 1.25.